The predicted molar refractivity (Wildman–Crippen MR) is 174 cm³/mol. The van der Waals surface area contributed by atoms with Crippen molar-refractivity contribution in [3.8, 4) is 6.07 Å². The summed E-state index contributed by atoms with van der Waals surface area (Å²) in [6.45, 7) is 6.15. The van der Waals surface area contributed by atoms with Gasteiger partial charge >= 0.3 is 6.09 Å². The van der Waals surface area contributed by atoms with Gasteiger partial charge in [-0.15, -0.1) is 23.1 Å². The molecule has 1 atom stereocenters. The molecule has 0 fully saturated rings. The van der Waals surface area contributed by atoms with Crippen LogP contribution >= 0.6 is 23.1 Å². The van der Waals surface area contributed by atoms with Gasteiger partial charge < -0.3 is 20.3 Å². The van der Waals surface area contributed by atoms with E-state index in [1.165, 1.54) is 47.4 Å². The zero-order valence-electron chi connectivity index (χ0n) is 24.9. The van der Waals surface area contributed by atoms with Crippen molar-refractivity contribution in [1.29, 1.82) is 5.26 Å². The van der Waals surface area contributed by atoms with Crippen molar-refractivity contribution < 1.29 is 23.5 Å². The number of hydrogen-bond acceptors (Lipinski definition) is 7. The van der Waals surface area contributed by atoms with Gasteiger partial charge in [-0.05, 0) is 80.8 Å². The molecule has 45 heavy (non-hydrogen) atoms. The molecule has 1 aliphatic rings. The number of nitrogens with zero attached hydrogens (tertiary/aromatic N) is 2. The number of thiophene rings is 1. The minimum Gasteiger partial charge on any atom is -0.444 e. The lowest BCUT2D eigenvalue weighted by Crippen LogP contribution is -2.39. The van der Waals surface area contributed by atoms with Gasteiger partial charge in [-0.3, -0.25) is 9.59 Å². The third-order valence-corrected chi connectivity index (χ3v) is 9.23. The second-order valence-electron chi connectivity index (χ2n) is 11.4. The van der Waals surface area contributed by atoms with E-state index in [9.17, 15) is 24.0 Å². The second kappa shape index (κ2) is 13.5. The van der Waals surface area contributed by atoms with Crippen LogP contribution in [-0.2, 0) is 22.5 Å². The molecule has 2 N–H and O–H groups in total. The Balaban J connectivity index is 1.35. The number of benzene rings is 3. The molecule has 1 unspecified atom stereocenters. The number of amides is 3. The molecule has 0 saturated heterocycles. The van der Waals surface area contributed by atoms with E-state index in [4.69, 9.17) is 4.74 Å². The molecule has 1 aliphatic heterocycles. The Kier molecular flexibility index (Phi) is 9.56. The van der Waals surface area contributed by atoms with Crippen LogP contribution in [-0.4, -0.2) is 35.0 Å². The maximum atomic E-state index is 13.9. The van der Waals surface area contributed by atoms with Crippen LogP contribution in [0.4, 0.5) is 19.9 Å². The van der Waals surface area contributed by atoms with Gasteiger partial charge in [0.05, 0.1) is 12.1 Å². The first-order valence-electron chi connectivity index (χ1n) is 14.2. The van der Waals surface area contributed by atoms with Gasteiger partial charge in [-0.2, -0.15) is 5.26 Å². The highest BCUT2D eigenvalue weighted by atomic mass is 32.2. The Hall–Kier alpha value is -4.66. The molecule has 0 radical (unpaired) electrons. The number of nitriles is 1. The SMILES string of the molecule is CC(C)(C)OC(=O)N1CCc2c(sc(NC(=O)C(Sc3cccc(NC(=O)c4ccc(F)cc4)c3)c3ccccc3)c2C#N)C1. The third kappa shape index (κ3) is 7.90. The fourth-order valence-corrected chi connectivity index (χ4v) is 7.06. The van der Waals surface area contributed by atoms with Crippen molar-refractivity contribution in [3.05, 3.63) is 112 Å². The Morgan fingerprint density at radius 2 is 1.76 bits per heavy atom. The average molecular weight is 643 g/mol. The van der Waals surface area contributed by atoms with E-state index < -0.39 is 22.8 Å². The topological polar surface area (TPSA) is 112 Å². The molecule has 2 heterocycles. The standard InChI is InChI=1S/C34H31FN4O4S2/c1-34(2,3)43-33(42)39-17-16-26-27(19-36)32(45-28(26)20-39)38-31(41)29(21-8-5-4-6-9-21)44-25-11-7-10-24(18-25)37-30(40)22-12-14-23(35)15-13-22/h4-15,18,29H,16-17,20H2,1-3H3,(H,37,40)(H,38,41). The summed E-state index contributed by atoms with van der Waals surface area (Å²) in [5.41, 5.74) is 2.23. The molecular weight excluding hydrogens is 612 g/mol. The van der Waals surface area contributed by atoms with Crippen molar-refractivity contribution >= 4 is 51.7 Å². The third-order valence-electron chi connectivity index (χ3n) is 6.85. The van der Waals surface area contributed by atoms with Crippen LogP contribution in [0.25, 0.3) is 0 Å². The van der Waals surface area contributed by atoms with Gasteiger partial charge in [-0.25, -0.2) is 9.18 Å². The number of thioether (sulfide) groups is 1. The van der Waals surface area contributed by atoms with E-state index in [-0.39, 0.29) is 11.8 Å². The zero-order chi connectivity index (χ0) is 32.1. The number of fused-ring (bicyclic) bond motifs is 1. The molecule has 0 aliphatic carbocycles. The van der Waals surface area contributed by atoms with Crippen molar-refractivity contribution in [1.82, 2.24) is 4.90 Å². The Morgan fingerprint density at radius 1 is 1.02 bits per heavy atom. The lowest BCUT2D eigenvalue weighted by atomic mass is 10.0. The van der Waals surface area contributed by atoms with Crippen LogP contribution in [0.15, 0.2) is 83.8 Å². The van der Waals surface area contributed by atoms with Gasteiger partial charge in [0, 0.05) is 27.6 Å². The van der Waals surface area contributed by atoms with Crippen molar-refractivity contribution in [3.63, 3.8) is 0 Å². The molecule has 0 saturated carbocycles. The minimum atomic E-state index is -0.682. The summed E-state index contributed by atoms with van der Waals surface area (Å²) in [5, 5.41) is 15.6. The van der Waals surface area contributed by atoms with Gasteiger partial charge in [0.2, 0.25) is 5.91 Å². The van der Waals surface area contributed by atoms with E-state index in [1.54, 1.807) is 23.1 Å². The summed E-state index contributed by atoms with van der Waals surface area (Å²) < 4.78 is 18.8. The van der Waals surface area contributed by atoms with E-state index in [1.807, 2.05) is 57.2 Å². The fraction of sp³-hybridized carbons (Fsp3) is 0.235. The lowest BCUT2D eigenvalue weighted by molar-refractivity contribution is -0.115. The van der Waals surface area contributed by atoms with Gasteiger partial charge in [-0.1, -0.05) is 36.4 Å². The number of carbonyl (C=O) groups is 3. The van der Waals surface area contributed by atoms with Crippen LogP contribution in [0, 0.1) is 17.1 Å². The largest absolute Gasteiger partial charge is 0.444 e. The fourth-order valence-electron chi connectivity index (χ4n) is 4.76. The lowest BCUT2D eigenvalue weighted by Gasteiger charge is -2.29. The summed E-state index contributed by atoms with van der Waals surface area (Å²) in [6.07, 6.45) is 0.0687. The maximum Gasteiger partial charge on any atom is 0.410 e. The van der Waals surface area contributed by atoms with Crippen molar-refractivity contribution in [2.75, 3.05) is 17.2 Å². The van der Waals surface area contributed by atoms with Crippen molar-refractivity contribution in [2.45, 2.75) is 49.5 Å². The number of ether oxygens (including phenoxy) is 1. The van der Waals surface area contributed by atoms with E-state index in [0.717, 1.165) is 20.9 Å². The van der Waals surface area contributed by atoms with E-state index >= 15 is 0 Å². The summed E-state index contributed by atoms with van der Waals surface area (Å²) in [4.78, 5) is 42.4. The summed E-state index contributed by atoms with van der Waals surface area (Å²) >= 11 is 2.60. The Morgan fingerprint density at radius 3 is 2.44 bits per heavy atom. The summed E-state index contributed by atoms with van der Waals surface area (Å²) in [5.74, 6) is -1.13. The van der Waals surface area contributed by atoms with Crippen LogP contribution in [0.3, 0.4) is 0 Å². The molecule has 0 spiro atoms. The predicted octanol–water partition coefficient (Wildman–Crippen LogP) is 7.78. The molecule has 1 aromatic heterocycles. The number of halogens is 1. The second-order valence-corrected chi connectivity index (χ2v) is 13.6. The quantitative estimate of drug-likeness (QED) is 0.199. The molecule has 5 rings (SSSR count). The Labute approximate surface area is 269 Å². The molecule has 3 amide bonds. The van der Waals surface area contributed by atoms with Crippen LogP contribution in [0.5, 0.6) is 0 Å². The van der Waals surface area contributed by atoms with Gasteiger partial charge in [0.15, 0.2) is 0 Å². The summed E-state index contributed by atoms with van der Waals surface area (Å²) in [7, 11) is 0. The van der Waals surface area contributed by atoms with E-state index in [2.05, 4.69) is 16.7 Å². The van der Waals surface area contributed by atoms with Crippen molar-refractivity contribution in [2.24, 2.45) is 0 Å². The van der Waals surface area contributed by atoms with Gasteiger partial charge in [0.25, 0.3) is 5.91 Å². The Bertz CT molecular complexity index is 1760. The summed E-state index contributed by atoms with van der Waals surface area (Å²) in [6, 6.07) is 23.9. The first-order valence-corrected chi connectivity index (χ1v) is 15.9. The highest BCUT2D eigenvalue weighted by molar-refractivity contribution is 8.00. The number of rotatable bonds is 7. The monoisotopic (exact) mass is 642 g/mol. The van der Waals surface area contributed by atoms with Crippen LogP contribution in [0.1, 0.15) is 57.9 Å². The first kappa shape index (κ1) is 31.8. The first-order chi connectivity index (χ1) is 21.5. The number of hydrogen-bond donors (Lipinski definition) is 2. The molecule has 0 bridgehead atoms. The molecule has 4 aromatic rings. The smallest absolute Gasteiger partial charge is 0.410 e. The number of anilines is 2. The van der Waals surface area contributed by atoms with E-state index in [0.29, 0.717) is 41.3 Å². The molecular formula is C34H31FN4O4S2. The molecule has 11 heteroatoms. The van der Waals surface area contributed by atoms with Crippen LogP contribution < -0.4 is 10.6 Å². The van der Waals surface area contributed by atoms with Crippen LogP contribution in [0.2, 0.25) is 0 Å². The maximum absolute atomic E-state index is 13.9. The molecule has 230 valence electrons. The molecule has 3 aromatic carbocycles. The zero-order valence-corrected chi connectivity index (χ0v) is 26.6. The highest BCUT2D eigenvalue weighted by Crippen LogP contribution is 2.41. The molecule has 8 nitrogen and oxygen atoms in total. The average Bonchev–Trinajstić information content (AvgIpc) is 3.36. The van der Waals surface area contributed by atoms with Gasteiger partial charge in [0.1, 0.15) is 27.7 Å². The minimum absolute atomic E-state index is 0.298. The normalized spacial score (nSPS) is 13.3. The number of carbonyl (C=O) groups excluding carboxylic acids is 3. The highest BCUT2D eigenvalue weighted by Gasteiger charge is 2.31. The number of nitrogens with one attached hydrogen (secondary N) is 2.